The first kappa shape index (κ1) is 14.5. The van der Waals surface area contributed by atoms with Crippen molar-refractivity contribution in [3.63, 3.8) is 0 Å². The zero-order chi connectivity index (χ0) is 14.0. The highest BCUT2D eigenvalue weighted by Crippen LogP contribution is 2.23. The molecule has 4 nitrogen and oxygen atoms in total. The smallest absolute Gasteiger partial charge is 0.265 e. The van der Waals surface area contributed by atoms with Crippen LogP contribution in [-0.4, -0.2) is 41.5 Å². The van der Waals surface area contributed by atoms with E-state index in [2.05, 4.69) is 31.1 Å². The third-order valence-electron chi connectivity index (χ3n) is 3.26. The zero-order valence-corrected chi connectivity index (χ0v) is 13.0. The summed E-state index contributed by atoms with van der Waals surface area (Å²) in [7, 11) is 0. The molecule has 2 heterocycles. The van der Waals surface area contributed by atoms with E-state index >= 15 is 0 Å². The van der Waals surface area contributed by atoms with E-state index in [4.69, 9.17) is 0 Å². The van der Waals surface area contributed by atoms with Crippen LogP contribution in [-0.2, 0) is 6.42 Å². The number of carbonyl (C=O) groups excluding carboxylic acids is 1. The number of hydrogen-bond donors (Lipinski definition) is 1. The maximum absolute atomic E-state index is 12.6. The van der Waals surface area contributed by atoms with Gasteiger partial charge in [-0.15, -0.1) is 11.3 Å². The number of aromatic nitrogens is 1. The maximum atomic E-state index is 12.6. The molecule has 0 bridgehead atoms. The minimum absolute atomic E-state index is 0.162. The van der Waals surface area contributed by atoms with Gasteiger partial charge in [-0.3, -0.25) is 4.79 Å². The van der Waals surface area contributed by atoms with Gasteiger partial charge in [0.05, 0.1) is 10.7 Å². The molecule has 1 fully saturated rings. The molecule has 0 aromatic carbocycles. The molecule has 1 aromatic heterocycles. The average Bonchev–Trinajstić information content (AvgIpc) is 2.68. The molecule has 1 aliphatic rings. The Kier molecular flexibility index (Phi) is 4.58. The van der Waals surface area contributed by atoms with Crippen LogP contribution in [0.5, 0.6) is 0 Å². The predicted molar refractivity (Wildman–Crippen MR) is 78.8 cm³/mol. The van der Waals surface area contributed by atoms with Crippen LogP contribution in [0.1, 0.15) is 41.1 Å². The Morgan fingerprint density at radius 1 is 1.58 bits per heavy atom. The van der Waals surface area contributed by atoms with Crippen molar-refractivity contribution < 1.29 is 4.79 Å². The van der Waals surface area contributed by atoms with Crippen molar-refractivity contribution in [2.45, 2.75) is 40.2 Å². The first-order valence-electron chi connectivity index (χ1n) is 6.96. The molecular formula is C14H23N3OS. The topological polar surface area (TPSA) is 45.2 Å². The lowest BCUT2D eigenvalue weighted by molar-refractivity contribution is 0.0712. The standard InChI is InChI=1S/C14H23N3OS/c1-9(2)7-12-13(19-11(4)16-12)14(18)17-6-5-15-10(3)8-17/h9-10,15H,5-8H2,1-4H3. The van der Waals surface area contributed by atoms with Crippen molar-refractivity contribution in [1.29, 1.82) is 0 Å². The second-order valence-corrected chi connectivity index (χ2v) is 6.92. The molecule has 5 heteroatoms. The van der Waals surface area contributed by atoms with E-state index in [-0.39, 0.29) is 5.91 Å². The van der Waals surface area contributed by atoms with Gasteiger partial charge in [0.2, 0.25) is 0 Å². The minimum Gasteiger partial charge on any atom is -0.335 e. The van der Waals surface area contributed by atoms with Gasteiger partial charge in [-0.25, -0.2) is 4.98 Å². The van der Waals surface area contributed by atoms with E-state index in [0.29, 0.717) is 12.0 Å². The molecule has 1 atom stereocenters. The van der Waals surface area contributed by atoms with Crippen LogP contribution in [0.3, 0.4) is 0 Å². The summed E-state index contributed by atoms with van der Waals surface area (Å²) in [6.45, 7) is 10.9. The van der Waals surface area contributed by atoms with Crippen molar-refractivity contribution in [3.05, 3.63) is 15.6 Å². The van der Waals surface area contributed by atoms with Gasteiger partial charge in [-0.2, -0.15) is 0 Å². The quantitative estimate of drug-likeness (QED) is 0.922. The van der Waals surface area contributed by atoms with Gasteiger partial charge in [0.15, 0.2) is 0 Å². The number of thiazole rings is 1. The van der Waals surface area contributed by atoms with Crippen LogP contribution in [0, 0.1) is 12.8 Å². The number of nitrogens with one attached hydrogen (secondary N) is 1. The number of nitrogens with zero attached hydrogens (tertiary/aromatic N) is 2. The van der Waals surface area contributed by atoms with Gasteiger partial charge >= 0.3 is 0 Å². The van der Waals surface area contributed by atoms with Crippen LogP contribution < -0.4 is 5.32 Å². The molecule has 1 aromatic rings. The second kappa shape index (κ2) is 6.01. The van der Waals surface area contributed by atoms with Crippen LogP contribution >= 0.6 is 11.3 Å². The average molecular weight is 281 g/mol. The van der Waals surface area contributed by atoms with E-state index in [1.54, 1.807) is 0 Å². The monoisotopic (exact) mass is 281 g/mol. The second-order valence-electron chi connectivity index (χ2n) is 5.71. The van der Waals surface area contributed by atoms with Crippen molar-refractivity contribution in [2.75, 3.05) is 19.6 Å². The fourth-order valence-corrected chi connectivity index (χ4v) is 3.34. The highest BCUT2D eigenvalue weighted by molar-refractivity contribution is 7.13. The lowest BCUT2D eigenvalue weighted by Crippen LogP contribution is -2.51. The number of carbonyl (C=O) groups is 1. The van der Waals surface area contributed by atoms with E-state index in [1.807, 2.05) is 11.8 Å². The largest absolute Gasteiger partial charge is 0.335 e. The Bertz CT molecular complexity index is 456. The summed E-state index contributed by atoms with van der Waals surface area (Å²) >= 11 is 1.54. The number of piperazine rings is 1. The third kappa shape index (κ3) is 3.54. The van der Waals surface area contributed by atoms with E-state index in [9.17, 15) is 4.79 Å². The Morgan fingerprint density at radius 3 is 2.95 bits per heavy atom. The maximum Gasteiger partial charge on any atom is 0.265 e. The molecule has 0 aliphatic carbocycles. The van der Waals surface area contributed by atoms with E-state index < -0.39 is 0 Å². The first-order chi connectivity index (χ1) is 8.97. The van der Waals surface area contributed by atoms with Gasteiger partial charge in [0.1, 0.15) is 4.88 Å². The fraction of sp³-hybridized carbons (Fsp3) is 0.714. The van der Waals surface area contributed by atoms with E-state index in [1.165, 1.54) is 11.3 Å². The summed E-state index contributed by atoms with van der Waals surface area (Å²) in [5, 5.41) is 4.35. The molecule has 106 valence electrons. The zero-order valence-electron chi connectivity index (χ0n) is 12.2. The normalized spacial score (nSPS) is 20.1. The van der Waals surface area contributed by atoms with Gasteiger partial charge in [-0.1, -0.05) is 13.8 Å². The molecule has 1 saturated heterocycles. The Labute approximate surface area is 119 Å². The Balaban J connectivity index is 2.18. The molecule has 0 spiro atoms. The van der Waals surface area contributed by atoms with Gasteiger partial charge in [0, 0.05) is 25.7 Å². The SMILES string of the molecule is Cc1nc(CC(C)C)c(C(=O)N2CCNC(C)C2)s1. The number of amides is 1. The van der Waals surface area contributed by atoms with E-state index in [0.717, 1.165) is 41.6 Å². The molecule has 0 saturated carbocycles. The molecule has 2 rings (SSSR count). The number of rotatable bonds is 3. The lowest BCUT2D eigenvalue weighted by Gasteiger charge is -2.31. The molecule has 0 radical (unpaired) electrons. The minimum atomic E-state index is 0.162. The van der Waals surface area contributed by atoms with Crippen molar-refractivity contribution in [1.82, 2.24) is 15.2 Å². The highest BCUT2D eigenvalue weighted by atomic mass is 32.1. The van der Waals surface area contributed by atoms with Crippen molar-refractivity contribution in [2.24, 2.45) is 5.92 Å². The Hall–Kier alpha value is -0.940. The lowest BCUT2D eigenvalue weighted by atomic mass is 10.1. The van der Waals surface area contributed by atoms with Gasteiger partial charge < -0.3 is 10.2 Å². The van der Waals surface area contributed by atoms with Gasteiger partial charge in [0.25, 0.3) is 5.91 Å². The van der Waals surface area contributed by atoms with Crippen LogP contribution in [0.2, 0.25) is 0 Å². The summed E-state index contributed by atoms with van der Waals surface area (Å²) < 4.78 is 0. The first-order valence-corrected chi connectivity index (χ1v) is 7.78. The van der Waals surface area contributed by atoms with Crippen LogP contribution in [0.4, 0.5) is 0 Å². The highest BCUT2D eigenvalue weighted by Gasteiger charge is 2.26. The summed E-state index contributed by atoms with van der Waals surface area (Å²) in [6, 6.07) is 0.375. The number of hydrogen-bond acceptors (Lipinski definition) is 4. The molecule has 1 amide bonds. The molecule has 19 heavy (non-hydrogen) atoms. The number of aryl methyl sites for hydroxylation is 1. The predicted octanol–water partition coefficient (Wildman–Crippen LogP) is 2.08. The summed E-state index contributed by atoms with van der Waals surface area (Å²) in [6.07, 6.45) is 0.882. The molecule has 1 N–H and O–H groups in total. The van der Waals surface area contributed by atoms with Crippen molar-refractivity contribution in [3.8, 4) is 0 Å². The third-order valence-corrected chi connectivity index (χ3v) is 4.26. The Morgan fingerprint density at radius 2 is 2.32 bits per heavy atom. The summed E-state index contributed by atoms with van der Waals surface area (Å²) in [5.41, 5.74) is 0.980. The summed E-state index contributed by atoms with van der Waals surface area (Å²) in [5.74, 6) is 0.685. The summed E-state index contributed by atoms with van der Waals surface area (Å²) in [4.78, 5) is 20.0. The molecular weight excluding hydrogens is 258 g/mol. The van der Waals surface area contributed by atoms with Crippen LogP contribution in [0.15, 0.2) is 0 Å². The molecule has 1 aliphatic heterocycles. The molecule has 1 unspecified atom stereocenters. The van der Waals surface area contributed by atoms with Crippen LogP contribution in [0.25, 0.3) is 0 Å². The van der Waals surface area contributed by atoms with Crippen molar-refractivity contribution >= 4 is 17.2 Å². The van der Waals surface area contributed by atoms with Gasteiger partial charge in [-0.05, 0) is 26.2 Å². The fourth-order valence-electron chi connectivity index (χ4n) is 2.42.